The maximum Gasteiger partial charge on any atom is 0.169 e. The summed E-state index contributed by atoms with van der Waals surface area (Å²) in [5.41, 5.74) is 0. The molecule has 0 bridgehead atoms. The Hall–Kier alpha value is -0.120. The van der Waals surface area contributed by atoms with Crippen molar-refractivity contribution in [3.05, 3.63) is 0 Å². The zero-order valence-corrected chi connectivity index (χ0v) is 9.74. The Bertz CT molecular complexity index is 219. The van der Waals surface area contributed by atoms with E-state index >= 15 is 0 Å². The van der Waals surface area contributed by atoms with E-state index in [0.29, 0.717) is 6.10 Å². The Balaban J connectivity index is 2.02. The quantitative estimate of drug-likeness (QED) is 0.727. The van der Waals surface area contributed by atoms with Gasteiger partial charge in [0, 0.05) is 12.8 Å². The lowest BCUT2D eigenvalue weighted by molar-refractivity contribution is -0.327. The van der Waals surface area contributed by atoms with Crippen LogP contribution < -0.4 is 0 Å². The van der Waals surface area contributed by atoms with Crippen molar-refractivity contribution >= 4 is 0 Å². The van der Waals surface area contributed by atoms with E-state index in [0.717, 1.165) is 32.1 Å². The fraction of sp³-hybridized carbons (Fsp3) is 1.00. The van der Waals surface area contributed by atoms with Crippen LogP contribution in [-0.4, -0.2) is 29.2 Å². The summed E-state index contributed by atoms with van der Waals surface area (Å²) >= 11 is 0. The molecule has 88 valence electrons. The Labute approximate surface area is 91.8 Å². The SMILES string of the molecule is CCC1OC2(CCCC(C)O2)CCC1O. The van der Waals surface area contributed by atoms with Crippen LogP contribution in [0.2, 0.25) is 0 Å². The minimum Gasteiger partial charge on any atom is -0.390 e. The molecule has 2 aliphatic heterocycles. The zero-order valence-electron chi connectivity index (χ0n) is 9.74. The highest BCUT2D eigenvalue weighted by molar-refractivity contribution is 4.86. The Morgan fingerprint density at radius 3 is 2.73 bits per heavy atom. The molecule has 0 amide bonds. The van der Waals surface area contributed by atoms with Gasteiger partial charge in [0.1, 0.15) is 0 Å². The normalized spacial score (nSPS) is 47.0. The summed E-state index contributed by atoms with van der Waals surface area (Å²) in [6.07, 6.45) is 5.76. The fourth-order valence-corrected chi connectivity index (χ4v) is 2.74. The van der Waals surface area contributed by atoms with E-state index in [-0.39, 0.29) is 18.0 Å². The molecule has 0 radical (unpaired) electrons. The van der Waals surface area contributed by atoms with E-state index in [1.165, 1.54) is 6.42 Å². The van der Waals surface area contributed by atoms with E-state index in [9.17, 15) is 5.11 Å². The number of aliphatic hydroxyl groups excluding tert-OH is 1. The Morgan fingerprint density at radius 1 is 1.27 bits per heavy atom. The Kier molecular flexibility index (Phi) is 3.33. The fourth-order valence-electron chi connectivity index (χ4n) is 2.74. The minimum atomic E-state index is -0.377. The van der Waals surface area contributed by atoms with Crippen molar-refractivity contribution < 1.29 is 14.6 Å². The molecule has 1 spiro atoms. The van der Waals surface area contributed by atoms with Crippen molar-refractivity contribution in [2.75, 3.05) is 0 Å². The van der Waals surface area contributed by atoms with Gasteiger partial charge in [-0.3, -0.25) is 0 Å². The molecule has 0 saturated carbocycles. The number of hydrogen-bond acceptors (Lipinski definition) is 3. The van der Waals surface area contributed by atoms with Gasteiger partial charge in [-0.2, -0.15) is 0 Å². The highest BCUT2D eigenvalue weighted by Gasteiger charge is 2.43. The van der Waals surface area contributed by atoms with Gasteiger partial charge in [-0.05, 0) is 32.6 Å². The molecule has 2 heterocycles. The van der Waals surface area contributed by atoms with Crippen LogP contribution >= 0.6 is 0 Å². The standard InChI is InChI=1S/C12H22O3/c1-3-11-10(13)6-8-12(15-11)7-4-5-9(2)14-12/h9-11,13H,3-8H2,1-2H3. The molecule has 3 nitrogen and oxygen atoms in total. The van der Waals surface area contributed by atoms with E-state index < -0.39 is 0 Å². The van der Waals surface area contributed by atoms with Crippen LogP contribution in [0.3, 0.4) is 0 Å². The number of ether oxygens (including phenoxy) is 2. The van der Waals surface area contributed by atoms with Crippen molar-refractivity contribution in [1.82, 2.24) is 0 Å². The second kappa shape index (κ2) is 4.40. The van der Waals surface area contributed by atoms with E-state index in [4.69, 9.17) is 9.47 Å². The summed E-state index contributed by atoms with van der Waals surface area (Å²) in [5, 5.41) is 9.77. The second-order valence-electron chi connectivity index (χ2n) is 4.90. The topological polar surface area (TPSA) is 38.7 Å². The van der Waals surface area contributed by atoms with Gasteiger partial charge in [0.2, 0.25) is 0 Å². The van der Waals surface area contributed by atoms with Crippen LogP contribution in [0.25, 0.3) is 0 Å². The molecule has 4 unspecified atom stereocenters. The highest BCUT2D eigenvalue weighted by atomic mass is 16.7. The van der Waals surface area contributed by atoms with Gasteiger partial charge in [0.15, 0.2) is 5.79 Å². The maximum atomic E-state index is 9.77. The lowest BCUT2D eigenvalue weighted by atomic mass is 9.91. The predicted octanol–water partition coefficient (Wildman–Crippen LogP) is 2.22. The molecular formula is C12H22O3. The molecule has 2 rings (SSSR count). The summed E-state index contributed by atoms with van der Waals surface area (Å²) in [6, 6.07) is 0. The largest absolute Gasteiger partial charge is 0.390 e. The first-order valence-electron chi connectivity index (χ1n) is 6.19. The molecule has 2 aliphatic rings. The lowest BCUT2D eigenvalue weighted by Crippen LogP contribution is -2.51. The third kappa shape index (κ3) is 2.35. The number of hydrogen-bond donors (Lipinski definition) is 1. The molecule has 2 fully saturated rings. The average Bonchev–Trinajstić information content (AvgIpc) is 2.22. The maximum absolute atomic E-state index is 9.77. The highest BCUT2D eigenvalue weighted by Crippen LogP contribution is 2.39. The van der Waals surface area contributed by atoms with Gasteiger partial charge in [-0.1, -0.05) is 6.92 Å². The number of aliphatic hydroxyl groups is 1. The molecule has 0 aliphatic carbocycles. The second-order valence-corrected chi connectivity index (χ2v) is 4.90. The molecule has 0 aromatic heterocycles. The van der Waals surface area contributed by atoms with Gasteiger partial charge in [-0.25, -0.2) is 0 Å². The third-order valence-electron chi connectivity index (χ3n) is 3.60. The van der Waals surface area contributed by atoms with Crippen molar-refractivity contribution in [2.24, 2.45) is 0 Å². The van der Waals surface area contributed by atoms with Crippen molar-refractivity contribution in [2.45, 2.75) is 76.5 Å². The van der Waals surface area contributed by atoms with Crippen LogP contribution in [-0.2, 0) is 9.47 Å². The average molecular weight is 214 g/mol. The summed E-state index contributed by atoms with van der Waals surface area (Å²) < 4.78 is 11.9. The number of rotatable bonds is 1. The summed E-state index contributed by atoms with van der Waals surface area (Å²) in [5.74, 6) is -0.377. The molecule has 0 aromatic rings. The predicted molar refractivity (Wildman–Crippen MR) is 57.5 cm³/mol. The summed E-state index contributed by atoms with van der Waals surface area (Å²) in [7, 11) is 0. The van der Waals surface area contributed by atoms with Gasteiger partial charge >= 0.3 is 0 Å². The first-order valence-corrected chi connectivity index (χ1v) is 6.19. The molecule has 2 saturated heterocycles. The monoisotopic (exact) mass is 214 g/mol. The molecule has 3 heteroatoms. The minimum absolute atomic E-state index is 0.0379. The molecule has 0 aromatic carbocycles. The van der Waals surface area contributed by atoms with E-state index in [2.05, 4.69) is 13.8 Å². The first-order chi connectivity index (χ1) is 7.15. The lowest BCUT2D eigenvalue weighted by Gasteiger charge is -2.46. The van der Waals surface area contributed by atoms with Crippen LogP contribution in [0.1, 0.15) is 52.4 Å². The van der Waals surface area contributed by atoms with Gasteiger partial charge in [-0.15, -0.1) is 0 Å². The Morgan fingerprint density at radius 2 is 2.07 bits per heavy atom. The summed E-state index contributed by atoms with van der Waals surface area (Å²) in [4.78, 5) is 0. The smallest absolute Gasteiger partial charge is 0.169 e. The van der Waals surface area contributed by atoms with Crippen LogP contribution in [0, 0.1) is 0 Å². The third-order valence-corrected chi connectivity index (χ3v) is 3.60. The van der Waals surface area contributed by atoms with Crippen LogP contribution in [0.5, 0.6) is 0 Å². The molecule has 1 N–H and O–H groups in total. The molecule has 4 atom stereocenters. The first kappa shape index (κ1) is 11.4. The van der Waals surface area contributed by atoms with Gasteiger partial charge in [0.25, 0.3) is 0 Å². The molecule has 15 heavy (non-hydrogen) atoms. The van der Waals surface area contributed by atoms with Crippen molar-refractivity contribution in [1.29, 1.82) is 0 Å². The van der Waals surface area contributed by atoms with Crippen molar-refractivity contribution in [3.63, 3.8) is 0 Å². The van der Waals surface area contributed by atoms with E-state index in [1.54, 1.807) is 0 Å². The van der Waals surface area contributed by atoms with Crippen LogP contribution in [0.15, 0.2) is 0 Å². The van der Waals surface area contributed by atoms with Gasteiger partial charge < -0.3 is 14.6 Å². The van der Waals surface area contributed by atoms with E-state index in [1.807, 2.05) is 0 Å². The van der Waals surface area contributed by atoms with Gasteiger partial charge in [0.05, 0.1) is 18.3 Å². The molecular weight excluding hydrogens is 192 g/mol. The van der Waals surface area contributed by atoms with Crippen molar-refractivity contribution in [3.8, 4) is 0 Å². The van der Waals surface area contributed by atoms with Crippen LogP contribution in [0.4, 0.5) is 0 Å². The summed E-state index contributed by atoms with van der Waals surface area (Å²) in [6.45, 7) is 4.16. The zero-order chi connectivity index (χ0) is 10.9.